The van der Waals surface area contributed by atoms with Crippen molar-refractivity contribution in [3.05, 3.63) is 57.4 Å². The first-order chi connectivity index (χ1) is 13.4. The van der Waals surface area contributed by atoms with Gasteiger partial charge in [-0.05, 0) is 50.1 Å². The van der Waals surface area contributed by atoms with Crippen molar-refractivity contribution in [1.82, 2.24) is 15.2 Å². The van der Waals surface area contributed by atoms with Crippen molar-refractivity contribution < 1.29 is 4.79 Å². The van der Waals surface area contributed by atoms with E-state index in [4.69, 9.17) is 11.6 Å². The minimum Gasteiger partial charge on any atom is -0.322 e. The van der Waals surface area contributed by atoms with E-state index in [-0.39, 0.29) is 5.91 Å². The van der Waals surface area contributed by atoms with Crippen LogP contribution in [-0.2, 0) is 6.54 Å². The number of nitriles is 1. The lowest BCUT2D eigenvalue weighted by Gasteiger charge is -2.32. The van der Waals surface area contributed by atoms with E-state index in [9.17, 15) is 10.1 Å². The maximum absolute atomic E-state index is 12.7. The quantitative estimate of drug-likeness (QED) is 0.827. The topological polar surface area (TPSA) is 81.0 Å². The van der Waals surface area contributed by atoms with E-state index < -0.39 is 0 Å². The van der Waals surface area contributed by atoms with Gasteiger partial charge in [-0.25, -0.2) is 0 Å². The molecule has 0 bridgehead atoms. The van der Waals surface area contributed by atoms with Crippen molar-refractivity contribution in [3.63, 3.8) is 0 Å². The molecule has 2 heterocycles. The van der Waals surface area contributed by atoms with Crippen molar-refractivity contribution in [1.29, 1.82) is 5.26 Å². The predicted octanol–water partition coefficient (Wildman–Crippen LogP) is 3.27. The van der Waals surface area contributed by atoms with Crippen LogP contribution in [0.25, 0.3) is 0 Å². The highest BCUT2D eigenvalue weighted by Crippen LogP contribution is 2.24. The summed E-state index contributed by atoms with van der Waals surface area (Å²) in [7, 11) is 0. The minimum atomic E-state index is -0.297. The van der Waals surface area contributed by atoms with Gasteiger partial charge in [0, 0.05) is 44.1 Å². The molecule has 1 saturated heterocycles. The molecule has 146 valence electrons. The highest BCUT2D eigenvalue weighted by Gasteiger charge is 2.18. The molecule has 3 rings (SSSR count). The maximum atomic E-state index is 12.7. The number of nitrogens with zero attached hydrogens (tertiary/aromatic N) is 3. The van der Waals surface area contributed by atoms with Gasteiger partial charge in [-0.3, -0.25) is 14.7 Å². The predicted molar refractivity (Wildman–Crippen MR) is 111 cm³/mol. The lowest BCUT2D eigenvalue weighted by molar-refractivity contribution is 0.102. The highest BCUT2D eigenvalue weighted by atomic mass is 35.5. The van der Waals surface area contributed by atoms with Crippen LogP contribution in [0.15, 0.2) is 24.4 Å². The van der Waals surface area contributed by atoms with Crippen LogP contribution in [0, 0.1) is 25.2 Å². The fraction of sp³-hybridized carbons (Fsp3) is 0.381. The molecule has 28 heavy (non-hydrogen) atoms. The van der Waals surface area contributed by atoms with E-state index in [1.165, 1.54) is 6.20 Å². The Hall–Kier alpha value is -2.46. The van der Waals surface area contributed by atoms with Crippen molar-refractivity contribution >= 4 is 23.2 Å². The summed E-state index contributed by atoms with van der Waals surface area (Å²) in [6.45, 7) is 9.52. The summed E-state index contributed by atoms with van der Waals surface area (Å²) in [5, 5.41) is 16.2. The number of carbonyl (C=O) groups is 1. The van der Waals surface area contributed by atoms with E-state index >= 15 is 0 Å². The summed E-state index contributed by atoms with van der Waals surface area (Å²) in [6.07, 6.45) is 1.50. The monoisotopic (exact) mass is 397 g/mol. The molecule has 0 spiro atoms. The standard InChI is InChI=1S/C21H24ClN5O/c1-13-11-27(5-4-24-13)12-18-6-16(9-23)7-20(14(18)2)26-21(28)17-8-19(22)15(3)25-10-17/h6-8,10,13,24H,4-5,11-12H2,1-3H3,(H,26,28). The smallest absolute Gasteiger partial charge is 0.257 e. The zero-order valence-electron chi connectivity index (χ0n) is 16.3. The van der Waals surface area contributed by atoms with Crippen LogP contribution in [0.1, 0.15) is 39.7 Å². The third kappa shape index (κ3) is 4.68. The fourth-order valence-electron chi connectivity index (χ4n) is 3.35. The molecule has 1 aliphatic heterocycles. The summed E-state index contributed by atoms with van der Waals surface area (Å²) in [5.41, 5.74) is 4.23. The van der Waals surface area contributed by atoms with Gasteiger partial charge in [0.2, 0.25) is 0 Å². The molecule has 1 unspecified atom stereocenters. The molecule has 1 atom stereocenters. The number of benzene rings is 1. The van der Waals surface area contributed by atoms with Gasteiger partial charge in [-0.15, -0.1) is 0 Å². The molecule has 0 radical (unpaired) electrons. The lowest BCUT2D eigenvalue weighted by Crippen LogP contribution is -2.48. The Morgan fingerprint density at radius 1 is 1.43 bits per heavy atom. The number of aryl methyl sites for hydroxylation is 1. The van der Waals surface area contributed by atoms with Crippen LogP contribution < -0.4 is 10.6 Å². The summed E-state index contributed by atoms with van der Waals surface area (Å²) in [4.78, 5) is 19.2. The second-order valence-corrected chi connectivity index (χ2v) is 7.66. The SMILES string of the molecule is Cc1ncc(C(=O)Nc2cc(C#N)cc(CN3CCNC(C)C3)c2C)cc1Cl. The van der Waals surface area contributed by atoms with E-state index in [2.05, 4.69) is 33.5 Å². The first-order valence-electron chi connectivity index (χ1n) is 9.30. The summed E-state index contributed by atoms with van der Waals surface area (Å²) < 4.78 is 0. The average molecular weight is 398 g/mol. The minimum absolute atomic E-state index is 0.297. The summed E-state index contributed by atoms with van der Waals surface area (Å²) >= 11 is 6.09. The second-order valence-electron chi connectivity index (χ2n) is 7.26. The molecule has 6 nitrogen and oxygen atoms in total. The molecular weight excluding hydrogens is 374 g/mol. The zero-order valence-corrected chi connectivity index (χ0v) is 17.1. The summed E-state index contributed by atoms with van der Waals surface area (Å²) in [6, 6.07) is 7.85. The molecule has 1 aromatic carbocycles. The molecule has 1 aromatic heterocycles. The van der Waals surface area contributed by atoms with Crippen molar-refractivity contribution in [2.45, 2.75) is 33.4 Å². The van der Waals surface area contributed by atoms with E-state index in [1.54, 1.807) is 19.1 Å². The molecule has 1 fully saturated rings. The number of piperazine rings is 1. The van der Waals surface area contributed by atoms with Crippen LogP contribution in [-0.4, -0.2) is 41.5 Å². The Balaban J connectivity index is 1.85. The Morgan fingerprint density at radius 2 is 2.21 bits per heavy atom. The number of rotatable bonds is 4. The van der Waals surface area contributed by atoms with Crippen molar-refractivity contribution in [2.75, 3.05) is 25.0 Å². The van der Waals surface area contributed by atoms with Crippen molar-refractivity contribution in [2.24, 2.45) is 0 Å². The van der Waals surface area contributed by atoms with Crippen LogP contribution >= 0.6 is 11.6 Å². The van der Waals surface area contributed by atoms with Gasteiger partial charge in [0.1, 0.15) is 0 Å². The van der Waals surface area contributed by atoms with Gasteiger partial charge in [0.05, 0.1) is 27.9 Å². The lowest BCUT2D eigenvalue weighted by atomic mass is 10.0. The Labute approximate surface area is 170 Å². The van der Waals surface area contributed by atoms with E-state index in [0.29, 0.717) is 33.6 Å². The van der Waals surface area contributed by atoms with Gasteiger partial charge in [0.15, 0.2) is 0 Å². The van der Waals surface area contributed by atoms with Gasteiger partial charge in [-0.1, -0.05) is 11.6 Å². The Morgan fingerprint density at radius 3 is 2.89 bits per heavy atom. The normalized spacial score (nSPS) is 17.2. The first-order valence-corrected chi connectivity index (χ1v) is 9.68. The molecule has 7 heteroatoms. The Bertz CT molecular complexity index is 937. The van der Waals surface area contributed by atoms with Crippen LogP contribution in [0.4, 0.5) is 5.69 Å². The van der Waals surface area contributed by atoms with Gasteiger partial charge in [0.25, 0.3) is 5.91 Å². The van der Waals surface area contributed by atoms with Gasteiger partial charge >= 0.3 is 0 Å². The Kier molecular flexibility index (Phi) is 6.30. The van der Waals surface area contributed by atoms with Crippen LogP contribution in [0.3, 0.4) is 0 Å². The highest BCUT2D eigenvalue weighted by molar-refractivity contribution is 6.31. The largest absolute Gasteiger partial charge is 0.322 e. The number of amides is 1. The van der Waals surface area contributed by atoms with Crippen LogP contribution in [0.5, 0.6) is 0 Å². The average Bonchev–Trinajstić information content (AvgIpc) is 2.67. The molecule has 1 aliphatic rings. The number of pyridine rings is 1. The number of nitrogens with one attached hydrogen (secondary N) is 2. The fourth-order valence-corrected chi connectivity index (χ4v) is 3.52. The number of hydrogen-bond donors (Lipinski definition) is 2. The number of carbonyl (C=O) groups excluding carboxylic acids is 1. The molecule has 2 aromatic rings. The van der Waals surface area contributed by atoms with Crippen LogP contribution in [0.2, 0.25) is 5.02 Å². The molecular formula is C21H24ClN5O. The van der Waals surface area contributed by atoms with E-state index in [0.717, 1.165) is 37.3 Å². The van der Waals surface area contributed by atoms with Crippen molar-refractivity contribution in [3.8, 4) is 6.07 Å². The molecule has 0 aliphatic carbocycles. The third-order valence-corrected chi connectivity index (χ3v) is 5.41. The third-order valence-electron chi connectivity index (χ3n) is 5.03. The molecule has 0 saturated carbocycles. The van der Waals surface area contributed by atoms with E-state index in [1.807, 2.05) is 13.0 Å². The number of aromatic nitrogens is 1. The van der Waals surface area contributed by atoms with Gasteiger partial charge < -0.3 is 10.6 Å². The summed E-state index contributed by atoms with van der Waals surface area (Å²) in [5.74, 6) is -0.297. The molecule has 2 N–H and O–H groups in total. The number of halogens is 1. The number of hydrogen-bond acceptors (Lipinski definition) is 5. The first kappa shape index (κ1) is 20.3. The number of anilines is 1. The maximum Gasteiger partial charge on any atom is 0.257 e. The van der Waals surface area contributed by atoms with Gasteiger partial charge in [-0.2, -0.15) is 5.26 Å². The molecule has 1 amide bonds. The second kappa shape index (κ2) is 8.70. The zero-order chi connectivity index (χ0) is 20.3.